The van der Waals surface area contributed by atoms with E-state index in [1.165, 1.54) is 11.1 Å². The highest BCUT2D eigenvalue weighted by molar-refractivity contribution is 6.09. The minimum atomic E-state index is 0.136. The number of aromatic nitrogens is 2. The summed E-state index contributed by atoms with van der Waals surface area (Å²) < 4.78 is 27.2. The van der Waals surface area contributed by atoms with Gasteiger partial charge in [-0.05, 0) is 77.7 Å². The Morgan fingerprint density at radius 1 is 0.500 bits per heavy atom. The molecule has 11 rings (SSSR count). The third-order valence-corrected chi connectivity index (χ3v) is 11.5. The molecule has 0 spiro atoms. The van der Waals surface area contributed by atoms with Crippen molar-refractivity contribution < 1.29 is 7.48 Å². The van der Waals surface area contributed by atoms with Crippen LogP contribution in [0.2, 0.25) is 0 Å². The zero-order chi connectivity index (χ0) is 41.7. The van der Waals surface area contributed by atoms with Crippen molar-refractivity contribution >= 4 is 44.6 Å². The third-order valence-electron chi connectivity index (χ3n) is 11.5. The molecule has 0 saturated carbocycles. The van der Waals surface area contributed by atoms with Crippen molar-refractivity contribution in [1.82, 2.24) is 9.55 Å². The number of para-hydroxylation sites is 4. The second-order valence-corrected chi connectivity index (χ2v) is 15.1. The highest BCUT2D eigenvalue weighted by Gasteiger charge is 2.31. The van der Waals surface area contributed by atoms with Gasteiger partial charge in [-0.15, -0.1) is 0 Å². The molecular weight excluding hydrogens is 733 g/mol. The van der Waals surface area contributed by atoms with Crippen molar-refractivity contribution in [2.24, 2.45) is 0 Å². The largest absolute Gasteiger partial charge is 0.457 e. The lowest BCUT2D eigenvalue weighted by Gasteiger charge is -2.27. The van der Waals surface area contributed by atoms with E-state index >= 15 is 0 Å². The number of anilines is 4. The molecule has 3 heterocycles. The fourth-order valence-electron chi connectivity index (χ4n) is 8.70. The van der Waals surface area contributed by atoms with Crippen molar-refractivity contribution in [2.75, 3.05) is 16.5 Å². The molecule has 0 bridgehead atoms. The zero-order valence-electron chi connectivity index (χ0n) is 35.0. The van der Waals surface area contributed by atoms with Crippen LogP contribution in [-0.4, -0.2) is 16.2 Å². The average Bonchev–Trinajstić information content (AvgIpc) is 3.87. The molecule has 5 nitrogen and oxygen atoms in total. The summed E-state index contributed by atoms with van der Waals surface area (Å²) in [4.78, 5) is 9.59. The van der Waals surface area contributed by atoms with Crippen LogP contribution in [0.4, 0.5) is 22.7 Å². The molecule has 0 aliphatic carbocycles. The van der Waals surface area contributed by atoms with Crippen LogP contribution in [0, 0.1) is 6.92 Å². The Morgan fingerprint density at radius 2 is 1.07 bits per heavy atom. The third kappa shape index (κ3) is 6.16. The second-order valence-electron chi connectivity index (χ2n) is 15.1. The topological polar surface area (TPSA) is 33.5 Å². The lowest BCUT2D eigenvalue weighted by Crippen LogP contribution is -2.24. The number of fused-ring (bicyclic) bond motifs is 4. The number of hydrogen-bond acceptors (Lipinski definition) is 4. The van der Waals surface area contributed by atoms with Gasteiger partial charge in [-0.1, -0.05) is 146 Å². The second kappa shape index (κ2) is 14.8. The molecular formula is C55H40N4O. The quantitative estimate of drug-likeness (QED) is 0.154. The van der Waals surface area contributed by atoms with E-state index in [0.717, 1.165) is 61.2 Å². The van der Waals surface area contributed by atoms with Crippen LogP contribution in [0.15, 0.2) is 212 Å². The minimum absolute atomic E-state index is 0.136. The molecule has 1 aliphatic heterocycles. The van der Waals surface area contributed by atoms with E-state index in [4.69, 9.17) is 11.1 Å². The number of ether oxygens (including phenoxy) is 1. The number of benzene rings is 8. The van der Waals surface area contributed by atoms with Crippen LogP contribution in [0.5, 0.6) is 11.5 Å². The van der Waals surface area contributed by atoms with Gasteiger partial charge in [-0.3, -0.25) is 4.57 Å². The Hall–Kier alpha value is -7.89. The van der Waals surface area contributed by atoms with Crippen LogP contribution >= 0.6 is 0 Å². The Bertz CT molecular complexity index is 3240. The minimum Gasteiger partial charge on any atom is -0.457 e. The zero-order valence-corrected chi connectivity index (χ0v) is 33.0. The molecule has 0 fully saturated rings. The molecule has 10 aromatic rings. The summed E-state index contributed by atoms with van der Waals surface area (Å²) in [6.45, 7) is 2.51. The molecule has 0 amide bonds. The first kappa shape index (κ1) is 33.1. The lowest BCUT2D eigenvalue weighted by molar-refractivity contribution is 0.483. The molecule has 0 saturated heterocycles. The predicted molar refractivity (Wildman–Crippen MR) is 248 cm³/mol. The summed E-state index contributed by atoms with van der Waals surface area (Å²) in [6.07, 6.45) is 0.136. The van der Waals surface area contributed by atoms with Gasteiger partial charge in [-0.2, -0.15) is 0 Å². The molecule has 286 valence electrons. The molecule has 0 N–H and O–H groups in total. The van der Waals surface area contributed by atoms with E-state index in [1.807, 2.05) is 84.3 Å². The van der Waals surface area contributed by atoms with Gasteiger partial charge in [0.05, 0.1) is 30.8 Å². The van der Waals surface area contributed by atoms with Crippen LogP contribution in [0.1, 0.15) is 8.30 Å². The summed E-state index contributed by atoms with van der Waals surface area (Å²) >= 11 is 0. The molecule has 0 radical (unpaired) electrons. The van der Waals surface area contributed by atoms with E-state index in [0.29, 0.717) is 35.1 Å². The maximum absolute atomic E-state index is 9.37. The summed E-state index contributed by atoms with van der Waals surface area (Å²) in [5, 5.41) is 2.05. The molecule has 1 aliphatic rings. The predicted octanol–water partition coefficient (Wildman–Crippen LogP) is 14.5. The first-order valence-electron chi connectivity index (χ1n) is 21.2. The number of rotatable bonds is 8. The van der Waals surface area contributed by atoms with Gasteiger partial charge in [0.25, 0.3) is 0 Å². The lowest BCUT2D eigenvalue weighted by atomic mass is 9.95. The van der Waals surface area contributed by atoms with Crippen molar-refractivity contribution in [1.29, 1.82) is 0 Å². The summed E-state index contributed by atoms with van der Waals surface area (Å²) in [5.41, 5.74) is 13.1. The van der Waals surface area contributed by atoms with Gasteiger partial charge in [0.15, 0.2) is 0 Å². The fourth-order valence-corrected chi connectivity index (χ4v) is 8.70. The van der Waals surface area contributed by atoms with Crippen molar-refractivity contribution in [3.8, 4) is 50.7 Å². The Morgan fingerprint density at radius 3 is 1.77 bits per heavy atom. The summed E-state index contributed by atoms with van der Waals surface area (Å²) in [7, 11) is 0. The van der Waals surface area contributed by atoms with E-state index in [2.05, 4.69) is 137 Å². The fraction of sp³-hybridized carbons (Fsp3) is 0.0364. The standard InChI is InChI=1S/C55H40N4O/c1-38-33-54(56-36-49(38)41-21-9-4-10-22-41)59-50-28-12-11-25-47(50)48-32-31-44(35-53(48)59)60-43-24-15-23-42(34-43)57-37-58(52-30-14-13-29-51(52)57)55-45(39-17-5-2-6-18-39)26-16-27-46(55)40-19-7-3-8-20-40/h2-36H,37H2,1H3/i33D,36D. The number of pyridine rings is 1. The maximum Gasteiger partial charge on any atom is 0.137 e. The Labute approximate surface area is 352 Å². The van der Waals surface area contributed by atoms with Crippen molar-refractivity contribution in [3.63, 3.8) is 0 Å². The van der Waals surface area contributed by atoms with Crippen molar-refractivity contribution in [2.45, 2.75) is 6.92 Å². The van der Waals surface area contributed by atoms with Crippen LogP contribution in [0.25, 0.3) is 61.0 Å². The molecule has 5 heteroatoms. The summed E-state index contributed by atoms with van der Waals surface area (Å²) in [6, 6.07) is 69.0. The van der Waals surface area contributed by atoms with Crippen LogP contribution in [0.3, 0.4) is 0 Å². The monoisotopic (exact) mass is 774 g/mol. The molecule has 60 heavy (non-hydrogen) atoms. The van der Waals surface area contributed by atoms with Gasteiger partial charge < -0.3 is 14.5 Å². The van der Waals surface area contributed by atoms with Crippen LogP contribution in [-0.2, 0) is 0 Å². The highest BCUT2D eigenvalue weighted by Crippen LogP contribution is 2.50. The average molecular weight is 775 g/mol. The number of nitrogens with zero attached hydrogens (tertiary/aromatic N) is 4. The van der Waals surface area contributed by atoms with Gasteiger partial charge in [0.2, 0.25) is 0 Å². The SMILES string of the molecule is [2H]c1nc(-n2c3ccccc3c3ccc(Oc4cccc(N5CN(c6c(-c7ccccc7)cccc6-c6ccccc6)c6ccccc65)c4)cc32)c([2H])c(C)c1-c1ccccc1. The van der Waals surface area contributed by atoms with Crippen molar-refractivity contribution in [3.05, 3.63) is 218 Å². The first-order chi connectivity index (χ1) is 30.5. The van der Waals surface area contributed by atoms with E-state index in [1.54, 1.807) is 0 Å². The smallest absolute Gasteiger partial charge is 0.137 e. The molecule has 2 aromatic heterocycles. The van der Waals surface area contributed by atoms with Crippen LogP contribution < -0.4 is 14.5 Å². The molecule has 8 aromatic carbocycles. The number of hydrogen-bond donors (Lipinski definition) is 0. The molecule has 0 atom stereocenters. The first-order valence-corrected chi connectivity index (χ1v) is 20.2. The highest BCUT2D eigenvalue weighted by atomic mass is 16.5. The van der Waals surface area contributed by atoms with E-state index in [-0.39, 0.29) is 12.2 Å². The van der Waals surface area contributed by atoms with Gasteiger partial charge in [0.1, 0.15) is 24.0 Å². The molecule has 0 unspecified atom stereocenters. The Kier molecular flexibility index (Phi) is 8.17. The van der Waals surface area contributed by atoms with Gasteiger partial charge >= 0.3 is 0 Å². The van der Waals surface area contributed by atoms with E-state index in [9.17, 15) is 1.37 Å². The Balaban J connectivity index is 0.976. The van der Waals surface area contributed by atoms with Gasteiger partial charge in [-0.25, -0.2) is 4.98 Å². The van der Waals surface area contributed by atoms with E-state index < -0.39 is 0 Å². The normalized spacial score (nSPS) is 12.8. The summed E-state index contributed by atoms with van der Waals surface area (Å²) in [5.74, 6) is 1.77. The van der Waals surface area contributed by atoms with Gasteiger partial charge in [0, 0.05) is 51.5 Å². The maximum atomic E-state index is 9.37.